The van der Waals surface area contributed by atoms with Gasteiger partial charge in [0.2, 0.25) is 5.91 Å². The van der Waals surface area contributed by atoms with Gasteiger partial charge in [-0.05, 0) is 65.1 Å². The van der Waals surface area contributed by atoms with Crippen molar-refractivity contribution in [2.75, 3.05) is 45.9 Å². The van der Waals surface area contributed by atoms with Gasteiger partial charge in [0, 0.05) is 31.6 Å². The van der Waals surface area contributed by atoms with E-state index in [0.29, 0.717) is 18.1 Å². The summed E-state index contributed by atoms with van der Waals surface area (Å²) in [4.78, 5) is 17.2. The normalized spacial score (nSPS) is 29.5. The van der Waals surface area contributed by atoms with Crippen molar-refractivity contribution in [2.24, 2.45) is 5.92 Å². The number of rotatable bonds is 5. The van der Waals surface area contributed by atoms with E-state index in [1.54, 1.807) is 0 Å². The molecule has 2 atom stereocenters. The molecule has 0 unspecified atom stereocenters. The lowest BCUT2D eigenvalue weighted by atomic mass is 9.91. The van der Waals surface area contributed by atoms with Crippen LogP contribution in [0.5, 0.6) is 0 Å². The van der Waals surface area contributed by atoms with E-state index in [9.17, 15) is 4.79 Å². The SMILES string of the molecule is C[C@H]1C[C@@H](C(=O)N2CCC(OCCN3CCCC3)CC2)CCN1.Cl. The first-order valence-electron chi connectivity index (χ1n) is 9.58. The van der Waals surface area contributed by atoms with Gasteiger partial charge in [-0.3, -0.25) is 4.79 Å². The van der Waals surface area contributed by atoms with Crippen molar-refractivity contribution < 1.29 is 9.53 Å². The Hall–Kier alpha value is -0.360. The number of carbonyl (C=O) groups excluding carboxylic acids is 1. The number of likely N-dealkylation sites (tertiary alicyclic amines) is 2. The molecule has 3 aliphatic heterocycles. The van der Waals surface area contributed by atoms with Gasteiger partial charge in [-0.15, -0.1) is 12.4 Å². The molecule has 0 aromatic rings. The van der Waals surface area contributed by atoms with Crippen molar-refractivity contribution in [3.8, 4) is 0 Å². The van der Waals surface area contributed by atoms with Crippen molar-refractivity contribution in [1.29, 1.82) is 0 Å². The molecule has 3 rings (SSSR count). The fourth-order valence-corrected chi connectivity index (χ4v) is 4.21. The molecule has 1 amide bonds. The van der Waals surface area contributed by atoms with Gasteiger partial charge >= 0.3 is 0 Å². The summed E-state index contributed by atoms with van der Waals surface area (Å²) in [6, 6.07) is 0.476. The average molecular weight is 360 g/mol. The van der Waals surface area contributed by atoms with E-state index in [1.165, 1.54) is 25.9 Å². The molecule has 3 fully saturated rings. The molecule has 0 aliphatic carbocycles. The number of ether oxygens (including phenoxy) is 1. The number of carbonyl (C=O) groups is 1. The number of hydrogen-bond acceptors (Lipinski definition) is 4. The summed E-state index contributed by atoms with van der Waals surface area (Å²) in [7, 11) is 0. The van der Waals surface area contributed by atoms with E-state index in [1.807, 2.05) is 0 Å². The average Bonchev–Trinajstić information content (AvgIpc) is 3.08. The highest BCUT2D eigenvalue weighted by Crippen LogP contribution is 2.22. The van der Waals surface area contributed by atoms with E-state index >= 15 is 0 Å². The van der Waals surface area contributed by atoms with Crippen molar-refractivity contribution >= 4 is 18.3 Å². The second-order valence-electron chi connectivity index (χ2n) is 7.52. The molecule has 5 nitrogen and oxygen atoms in total. The molecule has 0 aromatic carbocycles. The van der Waals surface area contributed by atoms with Gasteiger partial charge in [-0.25, -0.2) is 0 Å². The van der Waals surface area contributed by atoms with Gasteiger partial charge < -0.3 is 19.9 Å². The Labute approximate surface area is 152 Å². The highest BCUT2D eigenvalue weighted by Gasteiger charge is 2.31. The summed E-state index contributed by atoms with van der Waals surface area (Å²) in [6.07, 6.45) is 7.04. The number of nitrogens with one attached hydrogen (secondary N) is 1. The van der Waals surface area contributed by atoms with Crippen LogP contribution in [0.25, 0.3) is 0 Å². The van der Waals surface area contributed by atoms with Crippen molar-refractivity contribution in [2.45, 2.75) is 57.6 Å². The fraction of sp³-hybridized carbons (Fsp3) is 0.944. The number of hydrogen-bond donors (Lipinski definition) is 1. The van der Waals surface area contributed by atoms with Crippen LogP contribution >= 0.6 is 12.4 Å². The molecule has 3 heterocycles. The van der Waals surface area contributed by atoms with E-state index < -0.39 is 0 Å². The molecule has 0 bridgehead atoms. The largest absolute Gasteiger partial charge is 0.377 e. The van der Waals surface area contributed by atoms with Crippen molar-refractivity contribution in [3.05, 3.63) is 0 Å². The Kier molecular flexibility index (Phi) is 8.28. The maximum Gasteiger partial charge on any atom is 0.225 e. The summed E-state index contributed by atoms with van der Waals surface area (Å²) in [5, 5.41) is 3.43. The van der Waals surface area contributed by atoms with E-state index in [4.69, 9.17) is 4.74 Å². The van der Waals surface area contributed by atoms with Crippen LogP contribution in [0.2, 0.25) is 0 Å². The number of amides is 1. The highest BCUT2D eigenvalue weighted by molar-refractivity contribution is 5.85. The van der Waals surface area contributed by atoms with Crippen molar-refractivity contribution in [3.63, 3.8) is 0 Å². The van der Waals surface area contributed by atoms with E-state index in [-0.39, 0.29) is 18.3 Å². The minimum Gasteiger partial charge on any atom is -0.377 e. The number of piperidine rings is 2. The van der Waals surface area contributed by atoms with Gasteiger partial charge in [0.05, 0.1) is 12.7 Å². The summed E-state index contributed by atoms with van der Waals surface area (Å²) in [5.74, 6) is 0.618. The van der Waals surface area contributed by atoms with Crippen LogP contribution in [0.1, 0.15) is 45.4 Å². The third-order valence-corrected chi connectivity index (χ3v) is 5.69. The molecule has 0 aromatic heterocycles. The van der Waals surface area contributed by atoms with Crippen LogP contribution in [0, 0.1) is 5.92 Å². The lowest BCUT2D eigenvalue weighted by molar-refractivity contribution is -0.139. The van der Waals surface area contributed by atoms with Gasteiger partial charge in [0.15, 0.2) is 0 Å². The summed E-state index contributed by atoms with van der Waals surface area (Å²) >= 11 is 0. The summed E-state index contributed by atoms with van der Waals surface area (Å²) in [6.45, 7) is 9.33. The van der Waals surface area contributed by atoms with Gasteiger partial charge in [-0.2, -0.15) is 0 Å². The smallest absolute Gasteiger partial charge is 0.225 e. The molecule has 0 saturated carbocycles. The monoisotopic (exact) mass is 359 g/mol. The molecule has 3 saturated heterocycles. The molecular formula is C18H34ClN3O2. The first-order valence-corrected chi connectivity index (χ1v) is 9.58. The predicted molar refractivity (Wildman–Crippen MR) is 98.7 cm³/mol. The van der Waals surface area contributed by atoms with E-state index in [2.05, 4.69) is 22.0 Å². The first kappa shape index (κ1) is 20.0. The molecule has 0 radical (unpaired) electrons. The Morgan fingerprint density at radius 1 is 1.12 bits per heavy atom. The second-order valence-corrected chi connectivity index (χ2v) is 7.52. The fourth-order valence-electron chi connectivity index (χ4n) is 4.21. The molecule has 6 heteroatoms. The standard InChI is InChI=1S/C18H33N3O2.ClH/c1-15-14-16(4-7-19-15)18(22)21-10-5-17(6-11-21)23-13-12-20-8-2-3-9-20;/h15-17,19H,2-14H2,1H3;1H/t15-,16-;/m0./s1. The third-order valence-electron chi connectivity index (χ3n) is 5.69. The number of halogens is 1. The third kappa shape index (κ3) is 5.58. The van der Waals surface area contributed by atoms with Crippen LogP contribution < -0.4 is 5.32 Å². The van der Waals surface area contributed by atoms with Crippen LogP contribution in [0.15, 0.2) is 0 Å². The van der Waals surface area contributed by atoms with Gasteiger partial charge in [0.25, 0.3) is 0 Å². The van der Waals surface area contributed by atoms with Crippen LogP contribution in [0.3, 0.4) is 0 Å². The first-order chi connectivity index (χ1) is 11.2. The quantitative estimate of drug-likeness (QED) is 0.814. The predicted octanol–water partition coefficient (Wildman–Crippen LogP) is 1.90. The molecular weight excluding hydrogens is 326 g/mol. The topological polar surface area (TPSA) is 44.8 Å². The Bertz CT molecular complexity index is 382. The van der Waals surface area contributed by atoms with E-state index in [0.717, 1.165) is 58.5 Å². The second kappa shape index (κ2) is 9.95. The minimum absolute atomic E-state index is 0. The Morgan fingerprint density at radius 3 is 2.50 bits per heavy atom. The molecule has 140 valence electrons. The lowest BCUT2D eigenvalue weighted by Crippen LogP contribution is -2.47. The maximum atomic E-state index is 12.6. The maximum absolute atomic E-state index is 12.6. The zero-order valence-corrected chi connectivity index (χ0v) is 15.9. The zero-order valence-electron chi connectivity index (χ0n) is 15.0. The highest BCUT2D eigenvalue weighted by atomic mass is 35.5. The molecule has 1 N–H and O–H groups in total. The number of nitrogens with zero attached hydrogens (tertiary/aromatic N) is 2. The van der Waals surface area contributed by atoms with Crippen LogP contribution in [-0.4, -0.2) is 73.7 Å². The Balaban J connectivity index is 0.00000208. The van der Waals surface area contributed by atoms with Gasteiger partial charge in [-0.1, -0.05) is 0 Å². The van der Waals surface area contributed by atoms with Crippen LogP contribution in [-0.2, 0) is 9.53 Å². The Morgan fingerprint density at radius 2 is 1.83 bits per heavy atom. The summed E-state index contributed by atoms with van der Waals surface area (Å²) < 4.78 is 6.05. The minimum atomic E-state index is 0. The van der Waals surface area contributed by atoms with Crippen LogP contribution in [0.4, 0.5) is 0 Å². The molecule has 24 heavy (non-hydrogen) atoms. The zero-order chi connectivity index (χ0) is 16.1. The summed E-state index contributed by atoms with van der Waals surface area (Å²) in [5.41, 5.74) is 0. The van der Waals surface area contributed by atoms with Gasteiger partial charge in [0.1, 0.15) is 0 Å². The lowest BCUT2D eigenvalue weighted by Gasteiger charge is -2.36. The molecule has 0 spiro atoms. The molecule has 3 aliphatic rings. The van der Waals surface area contributed by atoms with Crippen molar-refractivity contribution in [1.82, 2.24) is 15.1 Å².